The average molecular weight is 183 g/mol. The molecule has 0 aliphatic heterocycles. The number of hydrogen-bond acceptors (Lipinski definition) is 1. The van der Waals surface area contributed by atoms with Crippen molar-refractivity contribution in [1.82, 2.24) is 9.78 Å². The highest BCUT2D eigenvalue weighted by Crippen LogP contribution is 2.38. The zero-order chi connectivity index (χ0) is 9.38. The van der Waals surface area contributed by atoms with Crippen LogP contribution in [0.3, 0.4) is 0 Å². The third-order valence-corrected chi connectivity index (χ3v) is 2.54. The van der Waals surface area contributed by atoms with Gasteiger partial charge in [-0.05, 0) is 36.6 Å². The van der Waals surface area contributed by atoms with Gasteiger partial charge in [-0.2, -0.15) is 5.10 Å². The smallest absolute Gasteiger partial charge is 0.0645 e. The first-order valence-corrected chi connectivity index (χ1v) is 4.89. The van der Waals surface area contributed by atoms with Gasteiger partial charge in [0.25, 0.3) is 0 Å². The van der Waals surface area contributed by atoms with Crippen LogP contribution in [-0.4, -0.2) is 9.78 Å². The molecular formula is C12H11N2. The molecular weight excluding hydrogens is 172 g/mol. The van der Waals surface area contributed by atoms with E-state index in [1.54, 1.807) is 12.1 Å². The summed E-state index contributed by atoms with van der Waals surface area (Å²) < 4.78 is 1.88. The lowest BCUT2D eigenvalue weighted by molar-refractivity contribution is 0.880. The fraction of sp³-hybridized carbons (Fsp3) is 0.167. The maximum absolute atomic E-state index is 4.19. The Hall–Kier alpha value is -1.57. The first-order valence-electron chi connectivity index (χ1n) is 4.89. The van der Waals surface area contributed by atoms with Gasteiger partial charge < -0.3 is 0 Å². The predicted molar refractivity (Wildman–Crippen MR) is 55.1 cm³/mol. The van der Waals surface area contributed by atoms with Gasteiger partial charge in [0.1, 0.15) is 0 Å². The van der Waals surface area contributed by atoms with Gasteiger partial charge >= 0.3 is 0 Å². The maximum atomic E-state index is 4.19. The summed E-state index contributed by atoms with van der Waals surface area (Å²) >= 11 is 0. The molecule has 0 bridgehead atoms. The van der Waals surface area contributed by atoms with Gasteiger partial charge in [0, 0.05) is 18.3 Å². The molecule has 2 heteroatoms. The molecule has 1 aromatic carbocycles. The second-order valence-electron chi connectivity index (χ2n) is 3.60. The summed E-state index contributed by atoms with van der Waals surface area (Å²) in [5.74, 6) is 1.58. The maximum Gasteiger partial charge on any atom is 0.0645 e. The van der Waals surface area contributed by atoms with E-state index in [1.807, 2.05) is 16.9 Å². The first kappa shape index (κ1) is 7.80. The van der Waals surface area contributed by atoms with Crippen molar-refractivity contribution in [3.8, 4) is 5.69 Å². The van der Waals surface area contributed by atoms with E-state index in [-0.39, 0.29) is 0 Å². The summed E-state index contributed by atoms with van der Waals surface area (Å²) in [4.78, 5) is 0. The second-order valence-corrected chi connectivity index (χ2v) is 3.60. The summed E-state index contributed by atoms with van der Waals surface area (Å²) in [6.45, 7) is 0. The van der Waals surface area contributed by atoms with Crippen molar-refractivity contribution in [2.45, 2.75) is 12.8 Å². The van der Waals surface area contributed by atoms with E-state index in [1.165, 1.54) is 18.4 Å². The van der Waals surface area contributed by atoms with E-state index in [0.29, 0.717) is 0 Å². The van der Waals surface area contributed by atoms with Crippen LogP contribution in [0.1, 0.15) is 18.4 Å². The number of hydrogen-bond donors (Lipinski definition) is 0. The van der Waals surface area contributed by atoms with Crippen LogP contribution in [0.5, 0.6) is 0 Å². The average Bonchev–Trinajstić information content (AvgIpc) is 2.94. The summed E-state index contributed by atoms with van der Waals surface area (Å²) in [6, 6.07) is 10.5. The molecule has 0 N–H and O–H groups in total. The van der Waals surface area contributed by atoms with Crippen LogP contribution in [-0.2, 0) is 0 Å². The van der Waals surface area contributed by atoms with Gasteiger partial charge in [-0.15, -0.1) is 0 Å². The van der Waals surface area contributed by atoms with Crippen LogP contribution in [0.4, 0.5) is 0 Å². The zero-order valence-corrected chi connectivity index (χ0v) is 7.85. The Morgan fingerprint density at radius 3 is 2.43 bits per heavy atom. The van der Waals surface area contributed by atoms with E-state index in [0.717, 1.165) is 5.69 Å². The van der Waals surface area contributed by atoms with Crippen LogP contribution < -0.4 is 0 Å². The van der Waals surface area contributed by atoms with E-state index < -0.39 is 0 Å². The number of nitrogens with zero attached hydrogens (tertiary/aromatic N) is 2. The molecule has 69 valence electrons. The third kappa shape index (κ3) is 1.33. The summed E-state index contributed by atoms with van der Waals surface area (Å²) in [5, 5.41) is 4.19. The second kappa shape index (κ2) is 2.98. The highest BCUT2D eigenvalue weighted by atomic mass is 15.3. The molecule has 1 aliphatic carbocycles. The highest BCUT2D eigenvalue weighted by Gasteiger charge is 2.23. The van der Waals surface area contributed by atoms with Crippen molar-refractivity contribution in [3.63, 3.8) is 0 Å². The third-order valence-electron chi connectivity index (χ3n) is 2.54. The Balaban J connectivity index is 1.93. The molecule has 0 unspecified atom stereocenters. The summed E-state index contributed by atoms with van der Waals surface area (Å²) in [5.41, 5.74) is 2.51. The Kier molecular flexibility index (Phi) is 1.66. The Morgan fingerprint density at radius 2 is 1.86 bits per heavy atom. The quantitative estimate of drug-likeness (QED) is 0.699. The number of aromatic nitrogens is 2. The minimum Gasteiger partial charge on any atom is -0.241 e. The minimum absolute atomic E-state index is 1.13. The van der Waals surface area contributed by atoms with E-state index in [4.69, 9.17) is 0 Å². The van der Waals surface area contributed by atoms with E-state index in [2.05, 4.69) is 29.4 Å². The molecule has 0 saturated heterocycles. The van der Waals surface area contributed by atoms with Gasteiger partial charge in [0.05, 0.1) is 5.69 Å². The predicted octanol–water partition coefficient (Wildman–Crippen LogP) is 2.59. The SMILES string of the molecule is c1cnn(-c2ccc([C]3CC3)cc2)c1. The lowest BCUT2D eigenvalue weighted by Crippen LogP contribution is -1.93. The van der Waals surface area contributed by atoms with Gasteiger partial charge in [0.2, 0.25) is 0 Å². The molecule has 3 rings (SSSR count). The molecule has 1 fully saturated rings. The van der Waals surface area contributed by atoms with Crippen LogP contribution in [0.15, 0.2) is 42.7 Å². The summed E-state index contributed by atoms with van der Waals surface area (Å²) in [6.07, 6.45) is 6.31. The van der Waals surface area contributed by atoms with Crippen molar-refractivity contribution >= 4 is 0 Å². The highest BCUT2D eigenvalue weighted by molar-refractivity contribution is 5.42. The van der Waals surface area contributed by atoms with E-state index >= 15 is 0 Å². The van der Waals surface area contributed by atoms with E-state index in [9.17, 15) is 0 Å². The molecule has 1 heterocycles. The van der Waals surface area contributed by atoms with Crippen molar-refractivity contribution < 1.29 is 0 Å². The fourth-order valence-corrected chi connectivity index (χ4v) is 1.62. The van der Waals surface area contributed by atoms with Gasteiger partial charge in [-0.3, -0.25) is 0 Å². The van der Waals surface area contributed by atoms with Gasteiger partial charge in [0.15, 0.2) is 0 Å². The molecule has 2 aromatic rings. The zero-order valence-electron chi connectivity index (χ0n) is 7.85. The van der Waals surface area contributed by atoms with Gasteiger partial charge in [-0.1, -0.05) is 12.1 Å². The fourth-order valence-electron chi connectivity index (χ4n) is 1.62. The number of benzene rings is 1. The molecule has 1 saturated carbocycles. The molecule has 2 nitrogen and oxygen atoms in total. The molecule has 1 aromatic heterocycles. The van der Waals surface area contributed by atoms with Crippen LogP contribution >= 0.6 is 0 Å². The molecule has 14 heavy (non-hydrogen) atoms. The number of rotatable bonds is 2. The van der Waals surface area contributed by atoms with Crippen LogP contribution in [0.25, 0.3) is 5.69 Å². The van der Waals surface area contributed by atoms with Gasteiger partial charge in [-0.25, -0.2) is 4.68 Å². The Labute approximate surface area is 83.2 Å². The van der Waals surface area contributed by atoms with Crippen molar-refractivity contribution in [2.75, 3.05) is 0 Å². The molecule has 1 aliphatic rings. The summed E-state index contributed by atoms with van der Waals surface area (Å²) in [7, 11) is 0. The van der Waals surface area contributed by atoms with Crippen molar-refractivity contribution in [2.24, 2.45) is 0 Å². The topological polar surface area (TPSA) is 17.8 Å². The lowest BCUT2D eigenvalue weighted by atomic mass is 10.1. The monoisotopic (exact) mass is 183 g/mol. The molecule has 0 spiro atoms. The normalized spacial score (nSPS) is 15.7. The molecule has 1 radical (unpaired) electrons. The Morgan fingerprint density at radius 1 is 1.07 bits per heavy atom. The van der Waals surface area contributed by atoms with Crippen LogP contribution in [0.2, 0.25) is 0 Å². The van der Waals surface area contributed by atoms with Crippen LogP contribution in [0, 0.1) is 5.92 Å². The molecule has 0 atom stereocenters. The minimum atomic E-state index is 1.13. The largest absolute Gasteiger partial charge is 0.241 e. The van der Waals surface area contributed by atoms with Crippen molar-refractivity contribution in [1.29, 1.82) is 0 Å². The van der Waals surface area contributed by atoms with Crippen molar-refractivity contribution in [3.05, 3.63) is 54.2 Å². The first-order chi connectivity index (χ1) is 6.93. The molecule has 0 amide bonds. The Bertz CT molecular complexity index is 410. The standard InChI is InChI=1S/C12H11N2/c1-8-13-14(9-1)12-6-4-11(5-7-12)10-2-3-10/h1,4-9H,2-3H2. The lowest BCUT2D eigenvalue weighted by Gasteiger charge is -2.02.